The first-order chi connectivity index (χ1) is 16.6. The molecule has 0 unspecified atom stereocenters. The van der Waals surface area contributed by atoms with Crippen LogP contribution < -0.4 is 9.46 Å². The molecule has 0 bridgehead atoms. The molecule has 5 atom stereocenters. The Morgan fingerprint density at radius 3 is 2.43 bits per heavy atom. The third kappa shape index (κ3) is 7.37. The number of methoxy groups -OCH3 is 1. The molecule has 0 saturated carbocycles. The zero-order valence-electron chi connectivity index (χ0n) is 19.6. The van der Waals surface area contributed by atoms with E-state index in [1.54, 1.807) is 25.1 Å². The number of aliphatic hydroxyl groups is 3. The van der Waals surface area contributed by atoms with Crippen LogP contribution in [0, 0.1) is 0 Å². The summed E-state index contributed by atoms with van der Waals surface area (Å²) in [6, 6.07) is 12.7. The Morgan fingerprint density at radius 2 is 1.77 bits per heavy atom. The Hall–Kier alpha value is -1.76. The zero-order valence-corrected chi connectivity index (χ0v) is 21.2. The number of nitrogens with one attached hydrogen (secondary N) is 1. The molecule has 2 aromatic rings. The number of hydrogen-bond donors (Lipinski definition) is 4. The lowest BCUT2D eigenvalue weighted by Crippen LogP contribution is -2.54. The average molecular weight is 530 g/mol. The SMILES string of the molecule is CCS(=O)(=O)NCCCOc1ccc(Cc2cc([C@@H]3O[C@H](OC)[C@@H](O)[C@H](O)[C@H]3O)ccc2Cl)cc1. The van der Waals surface area contributed by atoms with E-state index < -0.39 is 40.7 Å². The lowest BCUT2D eigenvalue weighted by atomic mass is 9.92. The summed E-state index contributed by atoms with van der Waals surface area (Å²) in [5.74, 6) is 0.721. The van der Waals surface area contributed by atoms with Crippen LogP contribution in [0.3, 0.4) is 0 Å². The van der Waals surface area contributed by atoms with Gasteiger partial charge in [-0.15, -0.1) is 0 Å². The number of sulfonamides is 1. The molecule has 0 amide bonds. The van der Waals surface area contributed by atoms with Crippen molar-refractivity contribution in [1.29, 1.82) is 0 Å². The van der Waals surface area contributed by atoms with Crippen LogP contribution in [0.4, 0.5) is 0 Å². The number of rotatable bonds is 11. The zero-order chi connectivity index (χ0) is 25.6. The molecule has 9 nitrogen and oxygen atoms in total. The van der Waals surface area contributed by atoms with Gasteiger partial charge in [0.1, 0.15) is 30.2 Å². The molecule has 0 spiro atoms. The normalized spacial score (nSPS) is 24.9. The summed E-state index contributed by atoms with van der Waals surface area (Å²) in [5, 5.41) is 31.1. The number of benzene rings is 2. The minimum absolute atomic E-state index is 0.0509. The van der Waals surface area contributed by atoms with Crippen LogP contribution in [-0.2, 0) is 25.9 Å². The molecule has 35 heavy (non-hydrogen) atoms. The van der Waals surface area contributed by atoms with Crippen LogP contribution in [0.2, 0.25) is 5.02 Å². The van der Waals surface area contributed by atoms with Gasteiger partial charge in [0, 0.05) is 18.7 Å². The van der Waals surface area contributed by atoms with Gasteiger partial charge in [-0.1, -0.05) is 35.9 Å². The summed E-state index contributed by atoms with van der Waals surface area (Å²) >= 11 is 6.41. The van der Waals surface area contributed by atoms with Crippen molar-refractivity contribution < 1.29 is 37.9 Å². The van der Waals surface area contributed by atoms with Crippen LogP contribution >= 0.6 is 11.6 Å². The van der Waals surface area contributed by atoms with Gasteiger partial charge >= 0.3 is 0 Å². The number of ether oxygens (including phenoxy) is 3. The van der Waals surface area contributed by atoms with E-state index >= 15 is 0 Å². The van der Waals surface area contributed by atoms with Gasteiger partial charge in [0.05, 0.1) is 12.4 Å². The Morgan fingerprint density at radius 1 is 1.06 bits per heavy atom. The monoisotopic (exact) mass is 529 g/mol. The number of halogens is 1. The van der Waals surface area contributed by atoms with Gasteiger partial charge < -0.3 is 29.5 Å². The van der Waals surface area contributed by atoms with Gasteiger partial charge in [0.25, 0.3) is 0 Å². The fraction of sp³-hybridized carbons (Fsp3) is 0.500. The van der Waals surface area contributed by atoms with E-state index in [-0.39, 0.29) is 5.75 Å². The first kappa shape index (κ1) is 27.8. The standard InChI is InChI=1S/C24H32ClNO8S/c1-3-35(30,31)26-11-4-12-33-18-8-5-15(6-9-18)13-17-14-16(7-10-19(17)25)23-21(28)20(27)22(29)24(32-2)34-23/h5-10,14,20-24,26-29H,3-4,11-13H2,1-2H3/t20-,21-,22+,23+,24+/m1/s1. The molecule has 2 aromatic carbocycles. The molecule has 11 heteroatoms. The van der Waals surface area contributed by atoms with Gasteiger partial charge in [0.2, 0.25) is 10.0 Å². The quantitative estimate of drug-likeness (QED) is 0.323. The van der Waals surface area contributed by atoms with E-state index in [0.717, 1.165) is 11.1 Å². The Kier molecular flexibility index (Phi) is 9.91. The van der Waals surface area contributed by atoms with Gasteiger partial charge in [0.15, 0.2) is 6.29 Å². The smallest absolute Gasteiger partial charge is 0.211 e. The van der Waals surface area contributed by atoms with Crippen molar-refractivity contribution in [2.45, 2.75) is 50.5 Å². The van der Waals surface area contributed by atoms with E-state index in [1.165, 1.54) is 7.11 Å². The predicted octanol–water partition coefficient (Wildman–Crippen LogP) is 1.77. The summed E-state index contributed by atoms with van der Waals surface area (Å²) < 4.78 is 41.8. The third-order valence-electron chi connectivity index (χ3n) is 5.81. The van der Waals surface area contributed by atoms with Crippen LogP contribution in [0.15, 0.2) is 42.5 Å². The predicted molar refractivity (Wildman–Crippen MR) is 131 cm³/mol. The van der Waals surface area contributed by atoms with Gasteiger partial charge in [-0.25, -0.2) is 13.1 Å². The fourth-order valence-corrected chi connectivity index (χ4v) is 4.58. The Bertz CT molecular complexity index is 1060. The van der Waals surface area contributed by atoms with Crippen LogP contribution in [-0.4, -0.2) is 74.4 Å². The largest absolute Gasteiger partial charge is 0.494 e. The minimum Gasteiger partial charge on any atom is -0.494 e. The molecule has 0 aromatic heterocycles. The number of hydrogen-bond acceptors (Lipinski definition) is 8. The summed E-state index contributed by atoms with van der Waals surface area (Å²) in [6.45, 7) is 2.29. The first-order valence-electron chi connectivity index (χ1n) is 11.3. The van der Waals surface area contributed by atoms with Gasteiger partial charge in [-0.2, -0.15) is 0 Å². The molecule has 4 N–H and O–H groups in total. The molecule has 1 saturated heterocycles. The van der Waals surface area contributed by atoms with Gasteiger partial charge in [-0.3, -0.25) is 0 Å². The maximum atomic E-state index is 11.4. The molecular formula is C24H32ClNO8S. The van der Waals surface area contributed by atoms with Crippen molar-refractivity contribution in [3.05, 3.63) is 64.2 Å². The maximum Gasteiger partial charge on any atom is 0.211 e. The molecular weight excluding hydrogens is 498 g/mol. The van der Waals surface area contributed by atoms with Crippen molar-refractivity contribution in [2.24, 2.45) is 0 Å². The van der Waals surface area contributed by atoms with Crippen LogP contribution in [0.1, 0.15) is 36.1 Å². The summed E-state index contributed by atoms with van der Waals surface area (Å²) in [6.07, 6.45) is -5.03. The molecule has 1 heterocycles. The lowest BCUT2D eigenvalue weighted by molar-refractivity contribution is -0.292. The highest BCUT2D eigenvalue weighted by Crippen LogP contribution is 2.34. The van der Waals surface area contributed by atoms with Crippen molar-refractivity contribution in [3.8, 4) is 5.75 Å². The maximum absolute atomic E-state index is 11.4. The summed E-state index contributed by atoms with van der Waals surface area (Å²) in [7, 11) is -1.84. The van der Waals surface area contributed by atoms with E-state index in [0.29, 0.717) is 42.3 Å². The van der Waals surface area contributed by atoms with E-state index in [2.05, 4.69) is 4.72 Å². The summed E-state index contributed by atoms with van der Waals surface area (Å²) in [4.78, 5) is 0. The van der Waals surface area contributed by atoms with E-state index in [9.17, 15) is 23.7 Å². The molecule has 194 valence electrons. The highest BCUT2D eigenvalue weighted by molar-refractivity contribution is 7.89. The Labute approximate surface area is 210 Å². The Balaban J connectivity index is 1.61. The van der Waals surface area contributed by atoms with Crippen molar-refractivity contribution in [1.82, 2.24) is 4.72 Å². The second-order valence-corrected chi connectivity index (χ2v) is 10.8. The van der Waals surface area contributed by atoms with Gasteiger partial charge in [-0.05, 0) is 54.7 Å². The second-order valence-electron chi connectivity index (χ2n) is 8.30. The topological polar surface area (TPSA) is 135 Å². The second kappa shape index (κ2) is 12.5. The molecule has 1 aliphatic heterocycles. The van der Waals surface area contributed by atoms with Crippen molar-refractivity contribution in [3.63, 3.8) is 0 Å². The first-order valence-corrected chi connectivity index (χ1v) is 13.4. The molecule has 0 aliphatic carbocycles. The van der Waals surface area contributed by atoms with Crippen LogP contribution in [0.5, 0.6) is 5.75 Å². The highest BCUT2D eigenvalue weighted by atomic mass is 35.5. The molecule has 1 fully saturated rings. The molecule has 1 aliphatic rings. The lowest BCUT2D eigenvalue weighted by Gasteiger charge is -2.40. The number of aliphatic hydroxyl groups excluding tert-OH is 3. The fourth-order valence-electron chi connectivity index (χ4n) is 3.74. The van der Waals surface area contributed by atoms with E-state index in [4.69, 9.17) is 25.8 Å². The minimum atomic E-state index is -3.19. The highest BCUT2D eigenvalue weighted by Gasteiger charge is 2.44. The summed E-state index contributed by atoms with van der Waals surface area (Å²) in [5.41, 5.74) is 2.37. The molecule has 0 radical (unpaired) electrons. The molecule has 3 rings (SSSR count). The average Bonchev–Trinajstić information content (AvgIpc) is 2.85. The van der Waals surface area contributed by atoms with Crippen molar-refractivity contribution >= 4 is 21.6 Å². The van der Waals surface area contributed by atoms with Crippen molar-refractivity contribution in [2.75, 3.05) is 26.0 Å². The van der Waals surface area contributed by atoms with Crippen LogP contribution in [0.25, 0.3) is 0 Å². The third-order valence-corrected chi connectivity index (χ3v) is 7.58. The van der Waals surface area contributed by atoms with E-state index in [1.807, 2.05) is 24.3 Å².